The van der Waals surface area contributed by atoms with Gasteiger partial charge in [0.05, 0.1) is 13.2 Å². The highest BCUT2D eigenvalue weighted by atomic mass is 19.4. The Kier molecular flexibility index (Phi) is 7.31. The van der Waals surface area contributed by atoms with E-state index in [2.05, 4.69) is 4.74 Å². The highest BCUT2D eigenvalue weighted by Crippen LogP contribution is 2.28. The van der Waals surface area contributed by atoms with Gasteiger partial charge in [-0.15, -0.1) is 0 Å². The molecule has 1 rings (SSSR count). The maximum absolute atomic E-state index is 11.9. The fourth-order valence-corrected chi connectivity index (χ4v) is 1.66. The molecule has 1 aromatic rings. The molecule has 21 heavy (non-hydrogen) atoms. The van der Waals surface area contributed by atoms with Crippen molar-refractivity contribution < 1.29 is 27.4 Å². The Morgan fingerprint density at radius 2 is 1.86 bits per heavy atom. The zero-order chi connectivity index (χ0) is 15.7. The number of hydrogen-bond donors (Lipinski definition) is 1. The monoisotopic (exact) mass is 307 g/mol. The Morgan fingerprint density at radius 1 is 1.10 bits per heavy atom. The van der Waals surface area contributed by atoms with E-state index in [-0.39, 0.29) is 13.2 Å². The molecule has 0 saturated carbocycles. The summed E-state index contributed by atoms with van der Waals surface area (Å²) in [6.07, 6.45) is -3.60. The van der Waals surface area contributed by atoms with E-state index >= 15 is 0 Å². The van der Waals surface area contributed by atoms with Crippen LogP contribution in [0.2, 0.25) is 0 Å². The second-order valence-electron chi connectivity index (χ2n) is 4.27. The molecule has 0 aliphatic heterocycles. The average Bonchev–Trinajstić information content (AvgIpc) is 2.40. The first-order valence-electron chi connectivity index (χ1n) is 6.69. The van der Waals surface area contributed by atoms with Crippen molar-refractivity contribution in [3.63, 3.8) is 0 Å². The molecule has 0 aromatic heterocycles. The Bertz CT molecular complexity index is 424. The van der Waals surface area contributed by atoms with Crippen LogP contribution in [0.3, 0.4) is 0 Å². The minimum atomic E-state index is -4.32. The number of halogens is 3. The second-order valence-corrected chi connectivity index (χ2v) is 4.27. The van der Waals surface area contributed by atoms with E-state index in [1.807, 2.05) is 19.1 Å². The molecule has 2 N–H and O–H groups in total. The topological polar surface area (TPSA) is 53.7 Å². The van der Waals surface area contributed by atoms with Gasteiger partial charge in [-0.1, -0.05) is 6.07 Å². The highest BCUT2D eigenvalue weighted by molar-refractivity contribution is 5.43. The number of ether oxygens (including phenoxy) is 3. The minimum Gasteiger partial charge on any atom is -0.490 e. The van der Waals surface area contributed by atoms with Crippen molar-refractivity contribution in [1.82, 2.24) is 0 Å². The van der Waals surface area contributed by atoms with Crippen LogP contribution in [-0.2, 0) is 11.2 Å². The van der Waals surface area contributed by atoms with Gasteiger partial charge in [0.2, 0.25) is 0 Å². The van der Waals surface area contributed by atoms with Gasteiger partial charge in [-0.3, -0.25) is 0 Å². The van der Waals surface area contributed by atoms with E-state index in [0.29, 0.717) is 24.7 Å². The van der Waals surface area contributed by atoms with Crippen LogP contribution in [-0.4, -0.2) is 39.1 Å². The Hall–Kier alpha value is -1.47. The van der Waals surface area contributed by atoms with Gasteiger partial charge in [0.15, 0.2) is 11.5 Å². The van der Waals surface area contributed by atoms with Gasteiger partial charge in [0, 0.05) is 0 Å². The molecule has 0 amide bonds. The predicted molar refractivity (Wildman–Crippen MR) is 72.7 cm³/mol. The molecule has 4 nitrogen and oxygen atoms in total. The maximum atomic E-state index is 11.9. The van der Waals surface area contributed by atoms with Gasteiger partial charge < -0.3 is 19.9 Å². The summed E-state index contributed by atoms with van der Waals surface area (Å²) in [5, 5.41) is 0. The number of rotatable bonds is 9. The van der Waals surface area contributed by atoms with Crippen LogP contribution in [0.25, 0.3) is 0 Å². The van der Waals surface area contributed by atoms with Crippen molar-refractivity contribution in [1.29, 1.82) is 0 Å². The smallest absolute Gasteiger partial charge is 0.411 e. The molecule has 0 saturated heterocycles. The Morgan fingerprint density at radius 3 is 2.48 bits per heavy atom. The molecular weight excluding hydrogens is 287 g/mol. The molecule has 0 aliphatic carbocycles. The standard InChI is InChI=1S/C14H20F3NO3/c1-2-20-13-9-11(5-6-18)3-4-12(13)21-8-7-19-10-14(15,16)17/h3-4,9H,2,5-8,10,18H2,1H3. The summed E-state index contributed by atoms with van der Waals surface area (Å²) >= 11 is 0. The number of benzene rings is 1. The van der Waals surface area contributed by atoms with E-state index in [1.54, 1.807) is 6.07 Å². The van der Waals surface area contributed by atoms with Crippen LogP contribution in [0.4, 0.5) is 13.2 Å². The summed E-state index contributed by atoms with van der Waals surface area (Å²) < 4.78 is 51.0. The molecular formula is C14H20F3NO3. The Balaban J connectivity index is 2.49. The van der Waals surface area contributed by atoms with Gasteiger partial charge in [0.25, 0.3) is 0 Å². The van der Waals surface area contributed by atoms with E-state index in [1.165, 1.54) is 0 Å². The molecule has 0 unspecified atom stereocenters. The first-order chi connectivity index (χ1) is 9.96. The van der Waals surface area contributed by atoms with Gasteiger partial charge in [0.1, 0.15) is 13.2 Å². The molecule has 120 valence electrons. The molecule has 0 spiro atoms. The third-order valence-corrected chi connectivity index (χ3v) is 2.49. The van der Waals surface area contributed by atoms with Gasteiger partial charge >= 0.3 is 6.18 Å². The molecule has 0 bridgehead atoms. The first kappa shape index (κ1) is 17.6. The maximum Gasteiger partial charge on any atom is 0.411 e. The first-order valence-corrected chi connectivity index (χ1v) is 6.69. The van der Waals surface area contributed by atoms with E-state index in [9.17, 15) is 13.2 Å². The SMILES string of the molecule is CCOc1cc(CCN)ccc1OCCOCC(F)(F)F. The Labute approximate surface area is 122 Å². The largest absolute Gasteiger partial charge is 0.490 e. The van der Waals surface area contributed by atoms with Crippen LogP contribution >= 0.6 is 0 Å². The summed E-state index contributed by atoms with van der Waals surface area (Å²) in [7, 11) is 0. The summed E-state index contributed by atoms with van der Waals surface area (Å²) in [5.41, 5.74) is 6.51. The number of hydrogen-bond acceptors (Lipinski definition) is 4. The van der Waals surface area contributed by atoms with Crippen molar-refractivity contribution >= 4 is 0 Å². The molecule has 0 heterocycles. The van der Waals surface area contributed by atoms with E-state index in [0.717, 1.165) is 12.0 Å². The normalized spacial score (nSPS) is 11.5. The minimum absolute atomic E-state index is 0.0202. The summed E-state index contributed by atoms with van der Waals surface area (Å²) in [4.78, 5) is 0. The lowest BCUT2D eigenvalue weighted by atomic mass is 10.1. The van der Waals surface area contributed by atoms with E-state index < -0.39 is 12.8 Å². The second kappa shape index (κ2) is 8.74. The third kappa shape index (κ3) is 7.19. The van der Waals surface area contributed by atoms with Crippen LogP contribution in [0, 0.1) is 0 Å². The molecule has 0 radical (unpaired) electrons. The third-order valence-electron chi connectivity index (χ3n) is 2.49. The zero-order valence-corrected chi connectivity index (χ0v) is 11.9. The fraction of sp³-hybridized carbons (Fsp3) is 0.571. The molecule has 0 aliphatic rings. The predicted octanol–water partition coefficient (Wildman–Crippen LogP) is 2.54. The lowest BCUT2D eigenvalue weighted by molar-refractivity contribution is -0.175. The van der Waals surface area contributed by atoms with Crippen molar-refractivity contribution in [3.8, 4) is 11.5 Å². The molecule has 0 fully saturated rings. The van der Waals surface area contributed by atoms with Gasteiger partial charge in [-0.05, 0) is 37.6 Å². The summed E-state index contributed by atoms with van der Waals surface area (Å²) in [6, 6.07) is 5.39. The van der Waals surface area contributed by atoms with Crippen molar-refractivity contribution in [2.75, 3.05) is 33.0 Å². The van der Waals surface area contributed by atoms with Crippen molar-refractivity contribution in [2.45, 2.75) is 19.5 Å². The fourth-order valence-electron chi connectivity index (χ4n) is 1.66. The molecule has 1 aromatic carbocycles. The quantitative estimate of drug-likeness (QED) is 0.712. The van der Waals surface area contributed by atoms with Gasteiger partial charge in [-0.25, -0.2) is 0 Å². The highest BCUT2D eigenvalue weighted by Gasteiger charge is 2.27. The van der Waals surface area contributed by atoms with Crippen molar-refractivity contribution in [2.24, 2.45) is 5.73 Å². The zero-order valence-electron chi connectivity index (χ0n) is 11.9. The van der Waals surface area contributed by atoms with Crippen molar-refractivity contribution in [3.05, 3.63) is 23.8 Å². The van der Waals surface area contributed by atoms with Gasteiger partial charge in [-0.2, -0.15) is 13.2 Å². The average molecular weight is 307 g/mol. The summed E-state index contributed by atoms with van der Waals surface area (Å²) in [5.74, 6) is 1.03. The van der Waals surface area contributed by atoms with Crippen LogP contribution in [0.5, 0.6) is 11.5 Å². The lowest BCUT2D eigenvalue weighted by Crippen LogP contribution is -2.19. The summed E-state index contributed by atoms with van der Waals surface area (Å²) in [6.45, 7) is 1.43. The molecule has 7 heteroatoms. The number of alkyl halides is 3. The number of nitrogens with two attached hydrogens (primary N) is 1. The molecule has 0 atom stereocenters. The van der Waals surface area contributed by atoms with E-state index in [4.69, 9.17) is 15.2 Å². The van der Waals surface area contributed by atoms with Crippen LogP contribution in [0.1, 0.15) is 12.5 Å². The van der Waals surface area contributed by atoms with Crippen LogP contribution in [0.15, 0.2) is 18.2 Å². The lowest BCUT2D eigenvalue weighted by Gasteiger charge is -2.14. The van der Waals surface area contributed by atoms with Crippen LogP contribution < -0.4 is 15.2 Å².